The Morgan fingerprint density at radius 1 is 1.17 bits per heavy atom. The van der Waals surface area contributed by atoms with E-state index in [9.17, 15) is 9.59 Å². The number of nitrogens with zero attached hydrogens (tertiary/aromatic N) is 4. The Bertz CT molecular complexity index is 822. The minimum Gasteiger partial charge on any atom is -0.450 e. The predicted molar refractivity (Wildman–Crippen MR) is 111 cm³/mol. The zero-order valence-corrected chi connectivity index (χ0v) is 16.9. The Labute approximate surface area is 170 Å². The van der Waals surface area contributed by atoms with Gasteiger partial charge in [-0.1, -0.05) is 18.2 Å². The highest BCUT2D eigenvalue weighted by molar-refractivity contribution is 6.05. The Morgan fingerprint density at radius 3 is 2.55 bits per heavy atom. The van der Waals surface area contributed by atoms with Crippen LogP contribution in [0.25, 0.3) is 0 Å². The van der Waals surface area contributed by atoms with Crippen molar-refractivity contribution in [2.24, 2.45) is 0 Å². The number of carbonyl (C=O) groups excluding carboxylic acids is 2. The minimum absolute atomic E-state index is 0.165. The molecule has 0 spiro atoms. The smallest absolute Gasteiger partial charge is 0.409 e. The first-order chi connectivity index (χ1) is 14.1. The van der Waals surface area contributed by atoms with Crippen LogP contribution < -0.4 is 10.2 Å². The van der Waals surface area contributed by atoms with Crippen LogP contribution in [0.4, 0.5) is 16.3 Å². The number of carbonyl (C=O) groups is 2. The number of anilines is 2. The maximum absolute atomic E-state index is 13.0. The normalized spacial score (nSPS) is 14.3. The number of likely N-dealkylation sites (tertiary alicyclic amines) is 1. The van der Waals surface area contributed by atoms with E-state index in [-0.39, 0.29) is 18.0 Å². The van der Waals surface area contributed by atoms with Gasteiger partial charge in [0.1, 0.15) is 17.8 Å². The largest absolute Gasteiger partial charge is 0.450 e. The van der Waals surface area contributed by atoms with E-state index >= 15 is 0 Å². The maximum Gasteiger partial charge on any atom is 0.409 e. The average molecular weight is 397 g/mol. The first kappa shape index (κ1) is 20.6. The third-order valence-electron chi connectivity index (χ3n) is 4.89. The number of benzene rings is 1. The Balaban J connectivity index is 1.63. The van der Waals surface area contributed by atoms with E-state index in [2.05, 4.69) is 15.3 Å². The number of hydrogen-bond acceptors (Lipinski definition) is 6. The zero-order chi connectivity index (χ0) is 20.6. The molecule has 2 aromatic rings. The number of rotatable bonds is 6. The molecule has 0 saturated carbocycles. The van der Waals surface area contributed by atoms with E-state index in [4.69, 9.17) is 4.74 Å². The van der Waals surface area contributed by atoms with Gasteiger partial charge in [0.2, 0.25) is 0 Å². The molecule has 1 N–H and O–H groups in total. The summed E-state index contributed by atoms with van der Waals surface area (Å²) >= 11 is 0. The lowest BCUT2D eigenvalue weighted by Gasteiger charge is -2.31. The lowest BCUT2D eigenvalue weighted by atomic mass is 10.1. The van der Waals surface area contributed by atoms with Crippen LogP contribution in [0.15, 0.2) is 42.7 Å². The second-order valence-electron chi connectivity index (χ2n) is 6.78. The molecule has 8 nitrogen and oxygen atoms in total. The van der Waals surface area contributed by atoms with E-state index in [1.807, 2.05) is 37.3 Å². The van der Waals surface area contributed by atoms with Gasteiger partial charge in [-0.25, -0.2) is 14.8 Å². The molecular weight excluding hydrogens is 370 g/mol. The third-order valence-corrected chi connectivity index (χ3v) is 4.89. The molecule has 1 aromatic carbocycles. The SMILES string of the molecule is CCOC(=O)N1CCC(Nc2cc(C(=O)N(CC)c3ccccc3)ncn2)CC1. The van der Waals surface area contributed by atoms with Crippen LogP contribution in [-0.2, 0) is 4.74 Å². The molecule has 29 heavy (non-hydrogen) atoms. The van der Waals surface area contributed by atoms with Crippen molar-refractivity contribution in [3.05, 3.63) is 48.4 Å². The molecular formula is C21H27N5O3. The first-order valence-electron chi connectivity index (χ1n) is 9.99. The minimum atomic E-state index is -0.263. The summed E-state index contributed by atoms with van der Waals surface area (Å²) in [5.74, 6) is 0.448. The van der Waals surface area contributed by atoms with Gasteiger partial charge in [0.15, 0.2) is 0 Å². The van der Waals surface area contributed by atoms with Crippen molar-refractivity contribution in [3.63, 3.8) is 0 Å². The van der Waals surface area contributed by atoms with Gasteiger partial charge in [0.25, 0.3) is 5.91 Å². The molecule has 2 amide bonds. The molecule has 1 aliphatic rings. The average Bonchev–Trinajstić information content (AvgIpc) is 2.76. The van der Waals surface area contributed by atoms with E-state index in [0.717, 1.165) is 18.5 Å². The molecule has 1 saturated heterocycles. The Morgan fingerprint density at radius 2 is 1.90 bits per heavy atom. The van der Waals surface area contributed by atoms with E-state index in [0.29, 0.717) is 37.8 Å². The van der Waals surface area contributed by atoms with Gasteiger partial charge in [-0.15, -0.1) is 0 Å². The molecule has 1 aliphatic heterocycles. The third kappa shape index (κ3) is 5.22. The highest BCUT2D eigenvalue weighted by atomic mass is 16.6. The highest BCUT2D eigenvalue weighted by Crippen LogP contribution is 2.19. The molecule has 0 radical (unpaired) electrons. The second kappa shape index (κ2) is 9.86. The summed E-state index contributed by atoms with van der Waals surface area (Å²) in [5, 5.41) is 3.36. The Hall–Kier alpha value is -3.16. The lowest BCUT2D eigenvalue weighted by molar-refractivity contribution is 0.0973. The van der Waals surface area contributed by atoms with Crippen LogP contribution in [0, 0.1) is 0 Å². The van der Waals surface area contributed by atoms with Crippen LogP contribution in [-0.4, -0.2) is 59.2 Å². The first-order valence-corrected chi connectivity index (χ1v) is 9.99. The molecule has 0 unspecified atom stereocenters. The summed E-state index contributed by atoms with van der Waals surface area (Å²) in [6, 6.07) is 11.4. The van der Waals surface area contributed by atoms with Crippen LogP contribution in [0.3, 0.4) is 0 Å². The molecule has 3 rings (SSSR count). The van der Waals surface area contributed by atoms with Crippen LogP contribution >= 0.6 is 0 Å². The number of piperidine rings is 1. The molecule has 1 aromatic heterocycles. The van der Waals surface area contributed by atoms with Crippen molar-refractivity contribution in [2.75, 3.05) is 36.5 Å². The van der Waals surface area contributed by atoms with Crippen molar-refractivity contribution in [3.8, 4) is 0 Å². The van der Waals surface area contributed by atoms with Crippen molar-refractivity contribution in [1.29, 1.82) is 0 Å². The quantitative estimate of drug-likeness (QED) is 0.806. The van der Waals surface area contributed by atoms with E-state index in [1.54, 1.807) is 22.8 Å². The fourth-order valence-electron chi connectivity index (χ4n) is 3.37. The van der Waals surface area contributed by atoms with Crippen LogP contribution in [0.1, 0.15) is 37.2 Å². The summed E-state index contributed by atoms with van der Waals surface area (Å²) in [5.41, 5.74) is 1.18. The summed E-state index contributed by atoms with van der Waals surface area (Å²) in [4.78, 5) is 36.6. The van der Waals surface area contributed by atoms with Gasteiger partial charge < -0.3 is 19.9 Å². The van der Waals surface area contributed by atoms with Crippen LogP contribution in [0.5, 0.6) is 0 Å². The van der Waals surface area contributed by atoms with Crippen molar-refractivity contribution < 1.29 is 14.3 Å². The molecule has 1 fully saturated rings. The van der Waals surface area contributed by atoms with Gasteiger partial charge >= 0.3 is 6.09 Å². The number of para-hydroxylation sites is 1. The topological polar surface area (TPSA) is 87.7 Å². The van der Waals surface area contributed by atoms with Crippen LogP contribution in [0.2, 0.25) is 0 Å². The summed E-state index contributed by atoms with van der Waals surface area (Å²) in [6.07, 6.45) is 2.72. The van der Waals surface area contributed by atoms with Crippen molar-refractivity contribution in [1.82, 2.24) is 14.9 Å². The molecule has 0 bridgehead atoms. The van der Waals surface area contributed by atoms with E-state index in [1.165, 1.54) is 6.33 Å². The summed E-state index contributed by atoms with van der Waals surface area (Å²) in [6.45, 7) is 5.92. The monoisotopic (exact) mass is 397 g/mol. The molecule has 8 heteroatoms. The number of aromatic nitrogens is 2. The van der Waals surface area contributed by atoms with Crippen molar-refractivity contribution >= 4 is 23.5 Å². The molecule has 0 atom stereocenters. The number of hydrogen-bond donors (Lipinski definition) is 1. The molecule has 2 heterocycles. The fourth-order valence-corrected chi connectivity index (χ4v) is 3.37. The number of ether oxygens (including phenoxy) is 1. The highest BCUT2D eigenvalue weighted by Gasteiger charge is 2.24. The number of nitrogens with one attached hydrogen (secondary N) is 1. The van der Waals surface area contributed by atoms with Crippen molar-refractivity contribution in [2.45, 2.75) is 32.7 Å². The lowest BCUT2D eigenvalue weighted by Crippen LogP contribution is -2.42. The standard InChI is InChI=1S/C21H27N5O3/c1-3-26(17-8-6-5-7-9-17)20(27)18-14-19(23-15-22-18)24-16-10-12-25(13-11-16)21(28)29-4-2/h5-9,14-16H,3-4,10-13H2,1-2H3,(H,22,23,24). The van der Waals surface area contributed by atoms with Gasteiger partial charge in [-0.05, 0) is 38.8 Å². The van der Waals surface area contributed by atoms with Gasteiger partial charge in [-0.3, -0.25) is 4.79 Å². The maximum atomic E-state index is 13.0. The second-order valence-corrected chi connectivity index (χ2v) is 6.78. The zero-order valence-electron chi connectivity index (χ0n) is 16.9. The Kier molecular flexibility index (Phi) is 6.99. The molecule has 0 aliphatic carbocycles. The summed E-state index contributed by atoms with van der Waals surface area (Å²) < 4.78 is 5.05. The van der Waals surface area contributed by atoms with E-state index < -0.39 is 0 Å². The van der Waals surface area contributed by atoms with Gasteiger partial charge in [0, 0.05) is 37.4 Å². The predicted octanol–water partition coefficient (Wildman–Crippen LogP) is 3.18. The van der Waals surface area contributed by atoms with Gasteiger partial charge in [0.05, 0.1) is 6.61 Å². The molecule has 154 valence electrons. The van der Waals surface area contributed by atoms with Gasteiger partial charge in [-0.2, -0.15) is 0 Å². The number of amides is 2. The summed E-state index contributed by atoms with van der Waals surface area (Å²) in [7, 11) is 0. The fraction of sp³-hybridized carbons (Fsp3) is 0.429.